The summed E-state index contributed by atoms with van der Waals surface area (Å²) in [6.45, 7) is 4.63. The monoisotopic (exact) mass is 366 g/mol. The number of benzene rings is 2. The largest absolute Gasteiger partial charge is 0.454 e. The molecule has 0 radical (unpaired) electrons. The van der Waals surface area contributed by atoms with Crippen LogP contribution in [0, 0.1) is 0 Å². The number of allylic oxidation sites excluding steroid dienone is 1. The number of ether oxygens (including phenoxy) is 2. The van der Waals surface area contributed by atoms with Crippen molar-refractivity contribution in [1.29, 1.82) is 0 Å². The number of aromatic nitrogens is 1. The Morgan fingerprint density at radius 2 is 2.00 bits per heavy atom. The first-order valence-corrected chi connectivity index (χ1v) is 9.21. The second-order valence-electron chi connectivity index (χ2n) is 5.95. The van der Waals surface area contributed by atoms with E-state index in [9.17, 15) is 4.79 Å². The zero-order valence-corrected chi connectivity index (χ0v) is 15.0. The molecule has 0 unspecified atom stereocenters. The van der Waals surface area contributed by atoms with E-state index in [0.717, 1.165) is 27.3 Å². The maximum Gasteiger partial charge on any atom is 0.248 e. The minimum absolute atomic E-state index is 0.127. The number of carbonyl (C=O) groups excluding carboxylic acids is 1. The van der Waals surface area contributed by atoms with E-state index in [-0.39, 0.29) is 12.7 Å². The number of carbonyl (C=O) groups is 1. The van der Waals surface area contributed by atoms with Gasteiger partial charge < -0.3 is 14.0 Å². The van der Waals surface area contributed by atoms with Gasteiger partial charge in [-0.15, -0.1) is 6.58 Å². The van der Waals surface area contributed by atoms with Gasteiger partial charge in [-0.1, -0.05) is 47.7 Å². The van der Waals surface area contributed by atoms with Crippen LogP contribution in [0.5, 0.6) is 11.5 Å². The molecule has 1 aliphatic heterocycles. The van der Waals surface area contributed by atoms with E-state index < -0.39 is 0 Å². The van der Waals surface area contributed by atoms with Crippen LogP contribution in [-0.2, 0) is 17.8 Å². The molecule has 5 nitrogen and oxygen atoms in total. The van der Waals surface area contributed by atoms with E-state index in [2.05, 4.69) is 11.6 Å². The summed E-state index contributed by atoms with van der Waals surface area (Å²) in [5.74, 6) is 1.32. The fourth-order valence-corrected chi connectivity index (χ4v) is 3.98. The lowest BCUT2D eigenvalue weighted by Gasteiger charge is -2.02. The van der Waals surface area contributed by atoms with Gasteiger partial charge >= 0.3 is 0 Å². The first-order valence-electron chi connectivity index (χ1n) is 8.40. The van der Waals surface area contributed by atoms with Crippen molar-refractivity contribution in [2.75, 3.05) is 6.79 Å². The minimum atomic E-state index is -0.127. The molecule has 1 aliphatic rings. The second kappa shape index (κ2) is 7.17. The van der Waals surface area contributed by atoms with Crippen molar-refractivity contribution in [3.8, 4) is 11.5 Å². The maximum atomic E-state index is 12.4. The summed E-state index contributed by atoms with van der Waals surface area (Å²) in [5, 5.41) is 0. The zero-order valence-electron chi connectivity index (χ0n) is 14.2. The summed E-state index contributed by atoms with van der Waals surface area (Å²) in [6.07, 6.45) is 2.87. The fraction of sp³-hybridized carbons (Fsp3) is 0.200. The lowest BCUT2D eigenvalue weighted by molar-refractivity contribution is -0.118. The maximum absolute atomic E-state index is 12.4. The number of nitrogens with zero attached hydrogens (tertiary/aromatic N) is 2. The van der Waals surface area contributed by atoms with Crippen molar-refractivity contribution in [2.24, 2.45) is 4.99 Å². The van der Waals surface area contributed by atoms with Crippen molar-refractivity contribution < 1.29 is 14.3 Å². The lowest BCUT2D eigenvalue weighted by Crippen LogP contribution is -2.16. The van der Waals surface area contributed by atoms with E-state index in [1.807, 2.05) is 47.0 Å². The van der Waals surface area contributed by atoms with Crippen LogP contribution < -0.4 is 14.3 Å². The van der Waals surface area contributed by atoms with E-state index in [1.165, 1.54) is 11.3 Å². The highest BCUT2D eigenvalue weighted by molar-refractivity contribution is 7.16. The molecule has 26 heavy (non-hydrogen) atoms. The Labute approximate surface area is 154 Å². The summed E-state index contributed by atoms with van der Waals surface area (Å²) in [7, 11) is 0. The molecule has 0 aliphatic carbocycles. The van der Waals surface area contributed by atoms with Gasteiger partial charge in [0.25, 0.3) is 0 Å². The molecule has 0 atom stereocenters. The lowest BCUT2D eigenvalue weighted by atomic mass is 10.1. The SMILES string of the molecule is C=CCn1c(=NC(=O)CCc2ccccc2)sc2cc3c(cc21)OCO3. The van der Waals surface area contributed by atoms with Crippen LogP contribution in [0.1, 0.15) is 12.0 Å². The van der Waals surface area contributed by atoms with Crippen molar-refractivity contribution in [2.45, 2.75) is 19.4 Å². The van der Waals surface area contributed by atoms with Gasteiger partial charge in [-0.25, -0.2) is 0 Å². The number of thiazole rings is 1. The Hall–Kier alpha value is -2.86. The van der Waals surface area contributed by atoms with Gasteiger partial charge in [-0.2, -0.15) is 4.99 Å². The molecule has 0 spiro atoms. The van der Waals surface area contributed by atoms with Crippen LogP contribution >= 0.6 is 11.3 Å². The van der Waals surface area contributed by atoms with Gasteiger partial charge in [-0.05, 0) is 12.0 Å². The molecule has 3 aromatic rings. The smallest absolute Gasteiger partial charge is 0.248 e. The predicted octanol–water partition coefficient (Wildman–Crippen LogP) is 3.68. The van der Waals surface area contributed by atoms with Gasteiger partial charge in [0.2, 0.25) is 12.7 Å². The quantitative estimate of drug-likeness (QED) is 0.647. The van der Waals surface area contributed by atoms with Crippen LogP contribution in [0.2, 0.25) is 0 Å². The molecule has 4 rings (SSSR count). The van der Waals surface area contributed by atoms with Crippen molar-refractivity contribution in [3.63, 3.8) is 0 Å². The minimum Gasteiger partial charge on any atom is -0.454 e. The second-order valence-corrected chi connectivity index (χ2v) is 6.96. The molecule has 0 saturated carbocycles. The first-order chi connectivity index (χ1) is 12.7. The molecule has 6 heteroatoms. The summed E-state index contributed by atoms with van der Waals surface area (Å²) in [6, 6.07) is 13.8. The van der Waals surface area contributed by atoms with Gasteiger partial charge in [0.05, 0.1) is 10.2 Å². The van der Waals surface area contributed by atoms with Gasteiger partial charge in [-0.3, -0.25) is 4.79 Å². The Morgan fingerprint density at radius 1 is 1.23 bits per heavy atom. The van der Waals surface area contributed by atoms with Gasteiger partial charge in [0.1, 0.15) is 0 Å². The molecule has 0 saturated heterocycles. The van der Waals surface area contributed by atoms with Crippen LogP contribution in [0.4, 0.5) is 0 Å². The van der Waals surface area contributed by atoms with Crippen LogP contribution in [-0.4, -0.2) is 17.3 Å². The molecular weight excluding hydrogens is 348 g/mol. The predicted molar refractivity (Wildman–Crippen MR) is 101 cm³/mol. The number of rotatable bonds is 5. The molecule has 0 fully saturated rings. The average molecular weight is 366 g/mol. The Bertz CT molecular complexity index is 1030. The third kappa shape index (κ3) is 3.28. The molecule has 2 heterocycles. The van der Waals surface area contributed by atoms with Gasteiger partial charge in [0, 0.05) is 25.1 Å². The first kappa shape index (κ1) is 16.6. The summed E-state index contributed by atoms with van der Waals surface area (Å²) < 4.78 is 13.9. The number of fused-ring (bicyclic) bond motifs is 2. The Kier molecular flexibility index (Phi) is 4.58. The normalized spacial score (nSPS) is 13.3. The van der Waals surface area contributed by atoms with E-state index >= 15 is 0 Å². The Balaban J connectivity index is 1.66. The number of aryl methyl sites for hydroxylation is 1. The molecule has 2 aromatic carbocycles. The summed E-state index contributed by atoms with van der Waals surface area (Å²) in [5.41, 5.74) is 2.10. The van der Waals surface area contributed by atoms with Crippen LogP contribution in [0.15, 0.2) is 60.1 Å². The molecule has 0 bridgehead atoms. The topological polar surface area (TPSA) is 52.8 Å². The van der Waals surface area contributed by atoms with Gasteiger partial charge in [0.15, 0.2) is 16.3 Å². The van der Waals surface area contributed by atoms with E-state index in [1.54, 1.807) is 6.08 Å². The number of amides is 1. The summed E-state index contributed by atoms with van der Waals surface area (Å²) in [4.78, 5) is 17.4. The highest BCUT2D eigenvalue weighted by Crippen LogP contribution is 2.36. The molecular formula is C20H18N2O3S. The zero-order chi connectivity index (χ0) is 17.9. The number of hydrogen-bond donors (Lipinski definition) is 0. The van der Waals surface area contributed by atoms with Crippen LogP contribution in [0.3, 0.4) is 0 Å². The van der Waals surface area contributed by atoms with Crippen LogP contribution in [0.25, 0.3) is 10.2 Å². The number of hydrogen-bond acceptors (Lipinski definition) is 4. The van der Waals surface area contributed by atoms with E-state index in [4.69, 9.17) is 9.47 Å². The fourth-order valence-electron chi connectivity index (χ4n) is 2.91. The average Bonchev–Trinajstić information content (AvgIpc) is 3.24. The highest BCUT2D eigenvalue weighted by atomic mass is 32.1. The molecule has 0 N–H and O–H groups in total. The van der Waals surface area contributed by atoms with Crippen molar-refractivity contribution in [1.82, 2.24) is 4.57 Å². The summed E-state index contributed by atoms with van der Waals surface area (Å²) >= 11 is 1.47. The standard InChI is InChI=1S/C20H18N2O3S/c1-2-10-22-15-11-16-17(25-13-24-16)12-18(15)26-20(22)21-19(23)9-8-14-6-4-3-5-7-14/h2-7,11-12H,1,8-10,13H2. The Morgan fingerprint density at radius 3 is 2.77 bits per heavy atom. The highest BCUT2D eigenvalue weighted by Gasteiger charge is 2.17. The molecule has 132 valence electrons. The third-order valence-electron chi connectivity index (χ3n) is 4.18. The van der Waals surface area contributed by atoms with Crippen molar-refractivity contribution in [3.05, 3.63) is 65.5 Å². The third-order valence-corrected chi connectivity index (χ3v) is 5.22. The van der Waals surface area contributed by atoms with E-state index in [0.29, 0.717) is 24.2 Å². The molecule has 1 aromatic heterocycles. The molecule has 1 amide bonds. The van der Waals surface area contributed by atoms with Crippen molar-refractivity contribution >= 4 is 27.5 Å².